The van der Waals surface area contributed by atoms with E-state index in [0.717, 1.165) is 37.4 Å². The quantitative estimate of drug-likeness (QED) is 0.294. The summed E-state index contributed by atoms with van der Waals surface area (Å²) >= 11 is 0. The summed E-state index contributed by atoms with van der Waals surface area (Å²) < 4.78 is 5.46. The van der Waals surface area contributed by atoms with Gasteiger partial charge < -0.3 is 9.64 Å². The highest BCUT2D eigenvalue weighted by Crippen LogP contribution is 2.37. The molecule has 1 saturated heterocycles. The Bertz CT molecular complexity index is 944. The fourth-order valence-electron chi connectivity index (χ4n) is 5.08. The summed E-state index contributed by atoms with van der Waals surface area (Å²) in [5.41, 5.74) is 3.62. The Morgan fingerprint density at radius 3 is 1.97 bits per heavy atom. The Morgan fingerprint density at radius 2 is 1.44 bits per heavy atom. The van der Waals surface area contributed by atoms with Crippen molar-refractivity contribution in [2.75, 3.05) is 26.2 Å². The van der Waals surface area contributed by atoms with Crippen molar-refractivity contribution in [2.45, 2.75) is 38.5 Å². The van der Waals surface area contributed by atoms with Crippen LogP contribution in [0.3, 0.4) is 0 Å². The molecule has 0 aliphatic carbocycles. The Balaban J connectivity index is 0.00000324. The van der Waals surface area contributed by atoms with Gasteiger partial charge >= 0.3 is 0 Å². The molecule has 0 spiro atoms. The van der Waals surface area contributed by atoms with E-state index in [1.165, 1.54) is 24.0 Å². The third-order valence-corrected chi connectivity index (χ3v) is 6.79. The molecule has 3 nitrogen and oxygen atoms in total. The number of piperidine rings is 1. The van der Waals surface area contributed by atoms with E-state index in [-0.39, 0.29) is 18.2 Å². The molecule has 34 heavy (non-hydrogen) atoms. The molecule has 0 N–H and O–H groups in total. The maximum Gasteiger partial charge on any atom is 0.162 e. The summed E-state index contributed by atoms with van der Waals surface area (Å²) in [5.74, 6) is 2.15. The van der Waals surface area contributed by atoms with Crippen molar-refractivity contribution in [3.63, 3.8) is 0 Å². The van der Waals surface area contributed by atoms with Gasteiger partial charge in [0, 0.05) is 17.9 Å². The van der Waals surface area contributed by atoms with Crippen LogP contribution in [0, 0.1) is 5.92 Å². The lowest BCUT2D eigenvalue weighted by Gasteiger charge is -2.36. The van der Waals surface area contributed by atoms with E-state index in [2.05, 4.69) is 65.6 Å². The fraction of sp³-hybridized carbons (Fsp3) is 0.367. The number of carbonyl (C=O) groups excluding carboxylic acids is 1. The molecule has 0 aromatic heterocycles. The van der Waals surface area contributed by atoms with E-state index in [1.807, 2.05) is 31.2 Å². The predicted molar refractivity (Wildman–Crippen MR) is 142 cm³/mol. The van der Waals surface area contributed by atoms with Crippen molar-refractivity contribution >= 4 is 18.2 Å². The van der Waals surface area contributed by atoms with Crippen molar-refractivity contribution in [3.05, 3.63) is 102 Å². The molecule has 0 saturated carbocycles. The highest BCUT2D eigenvalue weighted by atomic mass is 35.5. The first-order valence-corrected chi connectivity index (χ1v) is 12.3. The third-order valence-electron chi connectivity index (χ3n) is 6.79. The summed E-state index contributed by atoms with van der Waals surface area (Å²) in [6, 6.07) is 29.5. The van der Waals surface area contributed by atoms with Crippen LogP contribution in [0.5, 0.6) is 5.75 Å². The number of Topliss-reactive ketones (excluding diaryl/α,β-unsaturated/α-hetero) is 1. The number of hydrogen-bond donors (Lipinski definition) is 0. The van der Waals surface area contributed by atoms with Crippen LogP contribution in [0.2, 0.25) is 0 Å². The molecule has 4 heteroatoms. The second-order valence-electron chi connectivity index (χ2n) is 8.96. The van der Waals surface area contributed by atoms with Crippen LogP contribution in [-0.2, 0) is 0 Å². The Kier molecular flexibility index (Phi) is 10.2. The van der Waals surface area contributed by atoms with Crippen LogP contribution in [0.1, 0.15) is 60.0 Å². The second kappa shape index (κ2) is 13.3. The number of ether oxygens (including phenoxy) is 1. The number of ketones is 1. The average molecular weight is 478 g/mol. The smallest absolute Gasteiger partial charge is 0.162 e. The Morgan fingerprint density at radius 1 is 0.882 bits per heavy atom. The average Bonchev–Trinajstić information content (AvgIpc) is 2.87. The van der Waals surface area contributed by atoms with Crippen LogP contribution in [0.4, 0.5) is 0 Å². The molecule has 0 atom stereocenters. The first kappa shape index (κ1) is 26.0. The minimum absolute atomic E-state index is 0. The zero-order valence-electron chi connectivity index (χ0n) is 20.1. The molecule has 1 fully saturated rings. The zero-order valence-corrected chi connectivity index (χ0v) is 20.9. The van der Waals surface area contributed by atoms with Gasteiger partial charge in [0.15, 0.2) is 5.78 Å². The number of nitrogens with zero attached hydrogens (tertiary/aromatic N) is 1. The van der Waals surface area contributed by atoms with E-state index in [4.69, 9.17) is 4.74 Å². The summed E-state index contributed by atoms with van der Waals surface area (Å²) in [6.07, 6.45) is 3.91. The van der Waals surface area contributed by atoms with Gasteiger partial charge in [0.05, 0.1) is 6.61 Å². The first-order valence-electron chi connectivity index (χ1n) is 12.3. The minimum Gasteiger partial charge on any atom is -0.494 e. The third kappa shape index (κ3) is 6.94. The number of likely N-dealkylation sites (tertiary alicyclic amines) is 1. The molecular formula is C30H36ClNO2. The topological polar surface area (TPSA) is 29.5 Å². The van der Waals surface area contributed by atoms with Crippen molar-refractivity contribution in [1.29, 1.82) is 0 Å². The molecule has 1 aliphatic rings. The molecule has 0 bridgehead atoms. The van der Waals surface area contributed by atoms with E-state index in [1.54, 1.807) is 0 Å². The van der Waals surface area contributed by atoms with Gasteiger partial charge in [-0.3, -0.25) is 4.79 Å². The van der Waals surface area contributed by atoms with Crippen molar-refractivity contribution in [2.24, 2.45) is 5.92 Å². The summed E-state index contributed by atoms with van der Waals surface area (Å²) in [4.78, 5) is 15.1. The normalized spacial score (nSPS) is 14.5. The van der Waals surface area contributed by atoms with E-state index < -0.39 is 0 Å². The molecule has 180 valence electrons. The maximum atomic E-state index is 12.6. The first-order chi connectivity index (χ1) is 16.2. The van der Waals surface area contributed by atoms with Crippen molar-refractivity contribution < 1.29 is 9.53 Å². The monoisotopic (exact) mass is 477 g/mol. The molecular weight excluding hydrogens is 442 g/mol. The molecule has 3 aromatic carbocycles. The van der Waals surface area contributed by atoms with Gasteiger partial charge in [-0.1, -0.05) is 60.7 Å². The molecule has 0 amide bonds. The van der Waals surface area contributed by atoms with E-state index in [0.29, 0.717) is 24.9 Å². The molecule has 3 aromatic rings. The lowest BCUT2D eigenvalue weighted by atomic mass is 9.76. The van der Waals surface area contributed by atoms with Crippen LogP contribution in [0.25, 0.3) is 0 Å². The summed E-state index contributed by atoms with van der Waals surface area (Å²) in [6.45, 7) is 5.82. The number of carbonyl (C=O) groups is 1. The predicted octanol–water partition coefficient (Wildman–Crippen LogP) is 7.01. The molecule has 0 unspecified atom stereocenters. The van der Waals surface area contributed by atoms with Gasteiger partial charge in [-0.05, 0) is 87.1 Å². The number of benzene rings is 3. The molecule has 0 radical (unpaired) electrons. The van der Waals surface area contributed by atoms with Crippen molar-refractivity contribution in [3.8, 4) is 5.75 Å². The highest BCUT2D eigenvalue weighted by molar-refractivity contribution is 5.96. The Hall–Kier alpha value is -2.62. The van der Waals surface area contributed by atoms with Crippen LogP contribution in [0.15, 0.2) is 84.9 Å². The molecule has 4 rings (SSSR count). The van der Waals surface area contributed by atoms with Gasteiger partial charge in [-0.25, -0.2) is 0 Å². The highest BCUT2D eigenvalue weighted by Gasteiger charge is 2.28. The molecule has 1 heterocycles. The number of halogens is 1. The number of rotatable bonds is 10. The summed E-state index contributed by atoms with van der Waals surface area (Å²) in [5, 5.41) is 0. The van der Waals surface area contributed by atoms with Crippen molar-refractivity contribution in [1.82, 2.24) is 4.90 Å². The van der Waals surface area contributed by atoms with Gasteiger partial charge in [0.2, 0.25) is 0 Å². The number of hydrogen-bond acceptors (Lipinski definition) is 3. The van der Waals surface area contributed by atoms with E-state index >= 15 is 0 Å². The lowest BCUT2D eigenvalue weighted by molar-refractivity contribution is 0.0969. The SMILES string of the molecule is CCOc1ccc(C(=O)CCCN2CCC(C(c3ccccc3)c3ccccc3)CC2)cc1.Cl. The van der Waals surface area contributed by atoms with Gasteiger partial charge in [-0.2, -0.15) is 0 Å². The fourth-order valence-corrected chi connectivity index (χ4v) is 5.08. The Labute approximate surface area is 210 Å². The van der Waals surface area contributed by atoms with Crippen LogP contribution >= 0.6 is 12.4 Å². The second-order valence-corrected chi connectivity index (χ2v) is 8.96. The molecule has 1 aliphatic heterocycles. The van der Waals surface area contributed by atoms with Gasteiger partial charge in [0.1, 0.15) is 5.75 Å². The van der Waals surface area contributed by atoms with Gasteiger partial charge in [0.25, 0.3) is 0 Å². The van der Waals surface area contributed by atoms with Gasteiger partial charge in [-0.15, -0.1) is 12.4 Å². The standard InChI is InChI=1S/C30H35NO2.ClH/c1-2-33-28-17-15-24(16-18-28)29(32)14-9-21-31-22-19-27(20-23-31)30(25-10-5-3-6-11-25)26-12-7-4-8-13-26;/h3-8,10-13,15-18,27,30H,2,9,14,19-23H2,1H3;1H. The zero-order chi connectivity index (χ0) is 22.9. The largest absolute Gasteiger partial charge is 0.494 e. The maximum absolute atomic E-state index is 12.6. The van der Waals surface area contributed by atoms with Crippen LogP contribution in [-0.4, -0.2) is 36.9 Å². The minimum atomic E-state index is 0. The van der Waals surface area contributed by atoms with E-state index in [9.17, 15) is 4.79 Å². The summed E-state index contributed by atoms with van der Waals surface area (Å²) in [7, 11) is 0. The van der Waals surface area contributed by atoms with Crippen LogP contribution < -0.4 is 4.74 Å². The lowest BCUT2D eigenvalue weighted by Crippen LogP contribution is -2.36.